The first-order chi connectivity index (χ1) is 13.0. The van der Waals surface area contributed by atoms with Crippen molar-refractivity contribution < 1.29 is 13.9 Å². The lowest BCUT2D eigenvalue weighted by atomic mass is 10.1. The number of aryl methyl sites for hydroxylation is 2. The Morgan fingerprint density at radius 2 is 2.04 bits per heavy atom. The van der Waals surface area contributed by atoms with E-state index in [0.717, 1.165) is 26.7 Å². The Balaban J connectivity index is 1.46. The number of hydrogen-bond donors (Lipinski definition) is 1. The molecule has 0 radical (unpaired) electrons. The normalized spacial score (nSPS) is 11.0. The molecule has 0 spiro atoms. The highest BCUT2D eigenvalue weighted by Gasteiger charge is 2.10. The maximum atomic E-state index is 12.2. The Morgan fingerprint density at radius 3 is 2.85 bits per heavy atom. The average molecular weight is 380 g/mol. The Bertz CT molecular complexity index is 1230. The molecule has 0 bridgehead atoms. The number of nitrogens with one attached hydrogen (secondary N) is 1. The summed E-state index contributed by atoms with van der Waals surface area (Å²) in [5.74, 6) is 0.143. The van der Waals surface area contributed by atoms with Gasteiger partial charge in [-0.15, -0.1) is 0 Å². The highest BCUT2D eigenvalue weighted by molar-refractivity contribution is 7.22. The van der Waals surface area contributed by atoms with Crippen molar-refractivity contribution in [2.75, 3.05) is 11.9 Å². The molecule has 1 N–H and O–H groups in total. The molecule has 6 nitrogen and oxygen atoms in total. The fraction of sp³-hybridized carbons (Fsp3) is 0.150. The minimum Gasteiger partial charge on any atom is -0.484 e. The molecule has 2 aromatic heterocycles. The minimum absolute atomic E-state index is 0.170. The highest BCUT2D eigenvalue weighted by atomic mass is 32.1. The van der Waals surface area contributed by atoms with E-state index in [-0.39, 0.29) is 12.5 Å². The lowest BCUT2D eigenvalue weighted by Crippen LogP contribution is -2.20. The van der Waals surface area contributed by atoms with E-state index in [1.807, 2.05) is 32.0 Å². The molecule has 4 aromatic rings. The maximum Gasteiger partial charge on any atom is 0.336 e. The summed E-state index contributed by atoms with van der Waals surface area (Å²) in [6, 6.07) is 12.5. The van der Waals surface area contributed by atoms with Gasteiger partial charge in [-0.1, -0.05) is 23.5 Å². The van der Waals surface area contributed by atoms with Crippen LogP contribution >= 0.6 is 11.3 Å². The van der Waals surface area contributed by atoms with E-state index in [0.29, 0.717) is 16.5 Å². The Morgan fingerprint density at radius 1 is 1.19 bits per heavy atom. The molecule has 136 valence electrons. The van der Waals surface area contributed by atoms with Crippen molar-refractivity contribution in [2.45, 2.75) is 13.8 Å². The molecule has 7 heteroatoms. The summed E-state index contributed by atoms with van der Waals surface area (Å²) in [6.07, 6.45) is 0. The van der Waals surface area contributed by atoms with Gasteiger partial charge in [-0.3, -0.25) is 10.1 Å². The zero-order valence-electron chi connectivity index (χ0n) is 14.7. The summed E-state index contributed by atoms with van der Waals surface area (Å²) < 4.78 is 11.7. The number of nitrogens with zero attached hydrogens (tertiary/aromatic N) is 1. The molecular weight excluding hydrogens is 364 g/mol. The smallest absolute Gasteiger partial charge is 0.336 e. The van der Waals surface area contributed by atoms with Crippen molar-refractivity contribution in [3.8, 4) is 5.75 Å². The van der Waals surface area contributed by atoms with Crippen LogP contribution in [0.2, 0.25) is 0 Å². The molecule has 4 rings (SSSR count). The predicted octanol–water partition coefficient (Wildman–Crippen LogP) is 4.04. The van der Waals surface area contributed by atoms with Gasteiger partial charge < -0.3 is 9.15 Å². The van der Waals surface area contributed by atoms with Gasteiger partial charge in [-0.05, 0) is 43.2 Å². The lowest BCUT2D eigenvalue weighted by Gasteiger charge is -2.07. The van der Waals surface area contributed by atoms with Crippen LogP contribution in [0.5, 0.6) is 5.75 Å². The number of thiazole rings is 1. The molecule has 0 unspecified atom stereocenters. The van der Waals surface area contributed by atoms with Gasteiger partial charge in [-0.2, -0.15) is 0 Å². The number of para-hydroxylation sites is 1. The third kappa shape index (κ3) is 3.54. The van der Waals surface area contributed by atoms with Crippen LogP contribution in [0.3, 0.4) is 0 Å². The van der Waals surface area contributed by atoms with Gasteiger partial charge in [-0.25, -0.2) is 9.78 Å². The van der Waals surface area contributed by atoms with Crippen LogP contribution in [-0.2, 0) is 4.79 Å². The SMILES string of the molecule is Cc1cc(=O)oc2cc(OCC(=O)Nc3nc4c(C)cccc4s3)ccc12. The maximum absolute atomic E-state index is 12.2. The van der Waals surface area contributed by atoms with Crippen molar-refractivity contribution in [3.63, 3.8) is 0 Å². The van der Waals surface area contributed by atoms with Crippen LogP contribution in [0.1, 0.15) is 11.1 Å². The Kier molecular flexibility index (Phi) is 4.37. The Hall–Kier alpha value is -3.19. The van der Waals surface area contributed by atoms with E-state index in [1.54, 1.807) is 18.2 Å². The first-order valence-electron chi connectivity index (χ1n) is 8.33. The second-order valence-corrected chi connectivity index (χ2v) is 7.21. The van der Waals surface area contributed by atoms with Crippen molar-refractivity contribution in [1.29, 1.82) is 0 Å². The number of carbonyl (C=O) groups excluding carboxylic acids is 1. The quantitative estimate of drug-likeness (QED) is 0.541. The average Bonchev–Trinajstić information content (AvgIpc) is 3.03. The molecule has 27 heavy (non-hydrogen) atoms. The van der Waals surface area contributed by atoms with Crippen LogP contribution < -0.4 is 15.7 Å². The number of fused-ring (bicyclic) bond motifs is 2. The van der Waals surface area contributed by atoms with Crippen molar-refractivity contribution in [2.24, 2.45) is 0 Å². The molecule has 1 amide bonds. The first kappa shape index (κ1) is 17.2. The molecule has 2 heterocycles. The summed E-state index contributed by atoms with van der Waals surface area (Å²) >= 11 is 1.42. The number of carbonyl (C=O) groups is 1. The van der Waals surface area contributed by atoms with Crippen LogP contribution in [0, 0.1) is 13.8 Å². The zero-order valence-corrected chi connectivity index (χ0v) is 15.6. The van der Waals surface area contributed by atoms with E-state index in [1.165, 1.54) is 17.4 Å². The summed E-state index contributed by atoms with van der Waals surface area (Å²) in [7, 11) is 0. The van der Waals surface area contributed by atoms with E-state index in [4.69, 9.17) is 9.15 Å². The van der Waals surface area contributed by atoms with Crippen LogP contribution in [-0.4, -0.2) is 17.5 Å². The zero-order chi connectivity index (χ0) is 19.0. The van der Waals surface area contributed by atoms with Gasteiger partial charge in [0.05, 0.1) is 10.2 Å². The van der Waals surface area contributed by atoms with E-state index < -0.39 is 5.63 Å². The van der Waals surface area contributed by atoms with E-state index in [2.05, 4.69) is 10.3 Å². The predicted molar refractivity (Wildman–Crippen MR) is 106 cm³/mol. The molecular formula is C20H16N2O4S. The summed E-state index contributed by atoms with van der Waals surface area (Å²) in [4.78, 5) is 28.1. The van der Waals surface area contributed by atoms with Gasteiger partial charge in [0.2, 0.25) is 0 Å². The third-order valence-electron chi connectivity index (χ3n) is 4.16. The van der Waals surface area contributed by atoms with Gasteiger partial charge in [0.1, 0.15) is 11.3 Å². The number of hydrogen-bond acceptors (Lipinski definition) is 6. The standard InChI is InChI=1S/C20H16N2O4S/c1-11-4-3-5-16-19(11)22-20(27-16)21-17(23)10-25-13-6-7-14-12(2)8-18(24)26-15(14)9-13/h3-9H,10H2,1-2H3,(H,21,22,23). The third-order valence-corrected chi connectivity index (χ3v) is 5.10. The fourth-order valence-electron chi connectivity index (χ4n) is 2.84. The number of rotatable bonds is 4. The number of ether oxygens (including phenoxy) is 1. The van der Waals surface area contributed by atoms with Gasteiger partial charge in [0.15, 0.2) is 11.7 Å². The second-order valence-electron chi connectivity index (χ2n) is 6.18. The summed E-state index contributed by atoms with van der Waals surface area (Å²) in [6.45, 7) is 3.65. The van der Waals surface area contributed by atoms with Crippen LogP contribution in [0.15, 0.2) is 51.7 Å². The first-order valence-corrected chi connectivity index (χ1v) is 9.14. The minimum atomic E-state index is -0.416. The highest BCUT2D eigenvalue weighted by Crippen LogP contribution is 2.28. The van der Waals surface area contributed by atoms with Crippen LogP contribution in [0.4, 0.5) is 5.13 Å². The number of benzene rings is 2. The molecule has 0 aliphatic rings. The van der Waals surface area contributed by atoms with Crippen LogP contribution in [0.25, 0.3) is 21.2 Å². The van der Waals surface area contributed by atoms with Gasteiger partial charge in [0, 0.05) is 17.5 Å². The molecule has 0 aliphatic heterocycles. The van der Waals surface area contributed by atoms with Crippen molar-refractivity contribution in [1.82, 2.24) is 4.98 Å². The van der Waals surface area contributed by atoms with E-state index in [9.17, 15) is 9.59 Å². The molecule has 0 aliphatic carbocycles. The van der Waals surface area contributed by atoms with Gasteiger partial charge in [0.25, 0.3) is 5.91 Å². The molecule has 2 aromatic carbocycles. The molecule has 0 fully saturated rings. The fourth-order valence-corrected chi connectivity index (χ4v) is 3.80. The largest absolute Gasteiger partial charge is 0.484 e. The van der Waals surface area contributed by atoms with Crippen molar-refractivity contribution in [3.05, 3.63) is 64.0 Å². The monoisotopic (exact) mass is 380 g/mol. The molecule has 0 saturated heterocycles. The van der Waals surface area contributed by atoms with Crippen molar-refractivity contribution >= 4 is 43.6 Å². The molecule has 0 saturated carbocycles. The number of anilines is 1. The number of amides is 1. The summed E-state index contributed by atoms with van der Waals surface area (Å²) in [5.41, 5.74) is 2.80. The second kappa shape index (κ2) is 6.85. The van der Waals surface area contributed by atoms with E-state index >= 15 is 0 Å². The number of aromatic nitrogens is 1. The lowest BCUT2D eigenvalue weighted by molar-refractivity contribution is -0.118. The van der Waals surface area contributed by atoms with Gasteiger partial charge >= 0.3 is 5.63 Å². The summed E-state index contributed by atoms with van der Waals surface area (Å²) in [5, 5.41) is 4.12. The Labute approximate surface area is 158 Å². The molecule has 0 atom stereocenters. The topological polar surface area (TPSA) is 81.4 Å².